The predicted molar refractivity (Wildman–Crippen MR) is 88.5 cm³/mol. The number of nitrogen functional groups attached to an aromatic ring is 1. The molecular formula is C16H22N6O. The van der Waals surface area contributed by atoms with Crippen LogP contribution in [0.4, 0.5) is 11.8 Å². The Kier molecular flexibility index (Phi) is 4.55. The molecule has 3 rings (SSSR count). The van der Waals surface area contributed by atoms with E-state index in [9.17, 15) is 0 Å². The fraction of sp³-hybridized carbons (Fsp3) is 0.500. The minimum atomic E-state index is 0.138. The van der Waals surface area contributed by atoms with Crippen LogP contribution in [0.15, 0.2) is 18.5 Å². The minimum Gasteiger partial charge on any atom is -0.460 e. The fourth-order valence-electron chi connectivity index (χ4n) is 2.90. The lowest BCUT2D eigenvalue weighted by atomic mass is 10.1. The molecule has 0 atom stereocenters. The standard InChI is InChI=1S/C16H22N6O/c1-3-13-11(2)14(21-15(17)20-13)22-9-5-12(6-10-22)23-16-18-7-4-8-19-16/h4,7-8,12H,3,5-6,9-10H2,1-2H3,(H2,17,20,21). The van der Waals surface area contributed by atoms with Gasteiger partial charge in [0.2, 0.25) is 5.95 Å². The van der Waals surface area contributed by atoms with E-state index in [1.165, 1.54) is 0 Å². The summed E-state index contributed by atoms with van der Waals surface area (Å²) < 4.78 is 5.83. The topological polar surface area (TPSA) is 90.0 Å². The molecule has 1 aliphatic heterocycles. The zero-order chi connectivity index (χ0) is 16.2. The molecule has 0 radical (unpaired) electrons. The molecule has 0 aromatic carbocycles. The Hall–Kier alpha value is -2.44. The number of hydrogen-bond donors (Lipinski definition) is 1. The van der Waals surface area contributed by atoms with E-state index >= 15 is 0 Å². The maximum absolute atomic E-state index is 5.85. The summed E-state index contributed by atoms with van der Waals surface area (Å²) in [6.07, 6.45) is 6.19. The van der Waals surface area contributed by atoms with Gasteiger partial charge in [-0.3, -0.25) is 0 Å². The molecule has 0 unspecified atom stereocenters. The molecular weight excluding hydrogens is 292 g/mol. The van der Waals surface area contributed by atoms with Crippen molar-refractivity contribution in [3.8, 4) is 6.01 Å². The van der Waals surface area contributed by atoms with Crippen molar-refractivity contribution in [1.82, 2.24) is 19.9 Å². The summed E-state index contributed by atoms with van der Waals surface area (Å²) in [6.45, 7) is 5.89. The number of aryl methyl sites for hydroxylation is 1. The number of anilines is 2. The summed E-state index contributed by atoms with van der Waals surface area (Å²) >= 11 is 0. The molecule has 1 fully saturated rings. The van der Waals surface area contributed by atoms with Crippen LogP contribution in [0, 0.1) is 6.92 Å². The van der Waals surface area contributed by atoms with Crippen molar-refractivity contribution in [2.75, 3.05) is 23.7 Å². The van der Waals surface area contributed by atoms with Gasteiger partial charge in [0.25, 0.3) is 0 Å². The highest BCUT2D eigenvalue weighted by Gasteiger charge is 2.24. The lowest BCUT2D eigenvalue weighted by Crippen LogP contribution is -2.39. The molecule has 1 aliphatic rings. The van der Waals surface area contributed by atoms with Crippen molar-refractivity contribution in [2.45, 2.75) is 39.2 Å². The van der Waals surface area contributed by atoms with Crippen LogP contribution in [0.1, 0.15) is 31.0 Å². The van der Waals surface area contributed by atoms with Crippen LogP contribution in [0.25, 0.3) is 0 Å². The second-order valence-corrected chi connectivity index (χ2v) is 5.67. The molecule has 0 amide bonds. The van der Waals surface area contributed by atoms with E-state index in [1.807, 2.05) is 0 Å². The van der Waals surface area contributed by atoms with Crippen molar-refractivity contribution >= 4 is 11.8 Å². The molecule has 2 aromatic rings. The quantitative estimate of drug-likeness (QED) is 0.919. The minimum absolute atomic E-state index is 0.138. The van der Waals surface area contributed by atoms with Crippen molar-refractivity contribution in [3.63, 3.8) is 0 Å². The zero-order valence-electron chi connectivity index (χ0n) is 13.6. The predicted octanol–water partition coefficient (Wildman–Crippen LogP) is 1.77. The Labute approximate surface area is 135 Å². The van der Waals surface area contributed by atoms with Gasteiger partial charge < -0.3 is 15.4 Å². The molecule has 3 heterocycles. The summed E-state index contributed by atoms with van der Waals surface area (Å²) in [5.41, 5.74) is 7.99. The smallest absolute Gasteiger partial charge is 0.316 e. The van der Waals surface area contributed by atoms with Gasteiger partial charge in [-0.25, -0.2) is 15.0 Å². The highest BCUT2D eigenvalue weighted by atomic mass is 16.5. The SMILES string of the molecule is CCc1nc(N)nc(N2CCC(Oc3ncccn3)CC2)c1C. The summed E-state index contributed by atoms with van der Waals surface area (Å²) in [5.74, 6) is 1.29. The van der Waals surface area contributed by atoms with Gasteiger partial charge in [0, 0.05) is 43.9 Å². The van der Waals surface area contributed by atoms with E-state index in [0.717, 1.165) is 49.4 Å². The van der Waals surface area contributed by atoms with Crippen LogP contribution in [0.3, 0.4) is 0 Å². The van der Waals surface area contributed by atoms with Gasteiger partial charge >= 0.3 is 6.01 Å². The zero-order valence-corrected chi connectivity index (χ0v) is 13.6. The first-order valence-electron chi connectivity index (χ1n) is 7.99. The molecule has 0 saturated carbocycles. The number of nitrogens with zero attached hydrogens (tertiary/aromatic N) is 5. The van der Waals surface area contributed by atoms with Crippen molar-refractivity contribution < 1.29 is 4.74 Å². The van der Waals surface area contributed by atoms with E-state index in [2.05, 4.69) is 38.7 Å². The Morgan fingerprint density at radius 1 is 1.22 bits per heavy atom. The van der Waals surface area contributed by atoms with Gasteiger partial charge in [0.1, 0.15) is 11.9 Å². The molecule has 0 spiro atoms. The van der Waals surface area contributed by atoms with E-state index in [-0.39, 0.29) is 6.10 Å². The van der Waals surface area contributed by atoms with Gasteiger partial charge in [0.05, 0.1) is 5.69 Å². The van der Waals surface area contributed by atoms with Gasteiger partial charge in [0.15, 0.2) is 0 Å². The Balaban J connectivity index is 1.66. The number of piperidine rings is 1. The molecule has 0 aliphatic carbocycles. The van der Waals surface area contributed by atoms with Crippen LogP contribution in [0.5, 0.6) is 6.01 Å². The van der Waals surface area contributed by atoms with Crippen molar-refractivity contribution in [1.29, 1.82) is 0 Å². The molecule has 7 heteroatoms. The van der Waals surface area contributed by atoms with Crippen LogP contribution < -0.4 is 15.4 Å². The molecule has 122 valence electrons. The summed E-state index contributed by atoms with van der Waals surface area (Å²) in [4.78, 5) is 19.2. The number of ether oxygens (including phenoxy) is 1. The van der Waals surface area contributed by atoms with E-state index in [1.54, 1.807) is 18.5 Å². The van der Waals surface area contributed by atoms with Gasteiger partial charge in [-0.15, -0.1) is 0 Å². The lowest BCUT2D eigenvalue weighted by Gasteiger charge is -2.33. The Bertz CT molecular complexity index is 655. The third-order valence-corrected chi connectivity index (χ3v) is 4.13. The van der Waals surface area contributed by atoms with Crippen LogP contribution >= 0.6 is 0 Å². The fourth-order valence-corrected chi connectivity index (χ4v) is 2.90. The highest BCUT2D eigenvalue weighted by Crippen LogP contribution is 2.25. The molecule has 23 heavy (non-hydrogen) atoms. The normalized spacial score (nSPS) is 15.7. The first kappa shape index (κ1) is 15.5. The molecule has 1 saturated heterocycles. The average molecular weight is 314 g/mol. The Morgan fingerprint density at radius 2 is 1.91 bits per heavy atom. The second-order valence-electron chi connectivity index (χ2n) is 5.67. The number of hydrogen-bond acceptors (Lipinski definition) is 7. The van der Waals surface area contributed by atoms with Crippen LogP contribution in [0.2, 0.25) is 0 Å². The first-order chi connectivity index (χ1) is 11.2. The number of aromatic nitrogens is 4. The molecule has 2 N–H and O–H groups in total. The van der Waals surface area contributed by atoms with Crippen molar-refractivity contribution in [3.05, 3.63) is 29.7 Å². The maximum atomic E-state index is 5.85. The second kappa shape index (κ2) is 6.76. The molecule has 0 bridgehead atoms. The number of nitrogens with two attached hydrogens (primary N) is 1. The number of rotatable bonds is 4. The monoisotopic (exact) mass is 314 g/mol. The highest BCUT2D eigenvalue weighted by molar-refractivity contribution is 5.51. The first-order valence-corrected chi connectivity index (χ1v) is 7.99. The van der Waals surface area contributed by atoms with Crippen LogP contribution in [-0.2, 0) is 6.42 Å². The summed E-state index contributed by atoms with van der Waals surface area (Å²) in [7, 11) is 0. The lowest BCUT2D eigenvalue weighted by molar-refractivity contribution is 0.156. The molecule has 2 aromatic heterocycles. The third kappa shape index (κ3) is 3.49. The van der Waals surface area contributed by atoms with Crippen LogP contribution in [-0.4, -0.2) is 39.1 Å². The maximum Gasteiger partial charge on any atom is 0.316 e. The third-order valence-electron chi connectivity index (χ3n) is 4.13. The van der Waals surface area contributed by atoms with Gasteiger partial charge in [-0.2, -0.15) is 4.98 Å². The van der Waals surface area contributed by atoms with Gasteiger partial charge in [-0.05, 0) is 19.4 Å². The van der Waals surface area contributed by atoms with E-state index in [0.29, 0.717) is 12.0 Å². The summed E-state index contributed by atoms with van der Waals surface area (Å²) in [5, 5.41) is 0. The molecule has 7 nitrogen and oxygen atoms in total. The average Bonchev–Trinajstić information content (AvgIpc) is 2.58. The Morgan fingerprint density at radius 3 is 2.57 bits per heavy atom. The van der Waals surface area contributed by atoms with Gasteiger partial charge in [-0.1, -0.05) is 6.92 Å². The van der Waals surface area contributed by atoms with E-state index < -0.39 is 0 Å². The summed E-state index contributed by atoms with van der Waals surface area (Å²) in [6, 6.07) is 2.23. The largest absolute Gasteiger partial charge is 0.460 e. The van der Waals surface area contributed by atoms with Crippen molar-refractivity contribution in [2.24, 2.45) is 0 Å². The van der Waals surface area contributed by atoms with E-state index in [4.69, 9.17) is 10.5 Å².